The predicted molar refractivity (Wildman–Crippen MR) is 122 cm³/mol. The van der Waals surface area contributed by atoms with Crippen LogP contribution in [-0.4, -0.2) is 23.1 Å². The van der Waals surface area contributed by atoms with E-state index in [0.29, 0.717) is 37.5 Å². The number of esters is 1. The van der Waals surface area contributed by atoms with Crippen molar-refractivity contribution >= 4 is 62.6 Å². The number of aromatic nitrogens is 1. The van der Waals surface area contributed by atoms with Gasteiger partial charge in [-0.2, -0.15) is 0 Å². The number of nitrogens with one attached hydrogen (secondary N) is 1. The molecule has 0 bridgehead atoms. The number of halogens is 2. The van der Waals surface area contributed by atoms with Gasteiger partial charge >= 0.3 is 5.97 Å². The van der Waals surface area contributed by atoms with Gasteiger partial charge in [0.2, 0.25) is 0 Å². The minimum atomic E-state index is -0.613. The van der Waals surface area contributed by atoms with Gasteiger partial charge in [-0.1, -0.05) is 47.5 Å². The molecule has 0 aliphatic heterocycles. The summed E-state index contributed by atoms with van der Waals surface area (Å²) in [5.41, 5.74) is 1.52. The Kier molecular flexibility index (Phi) is 5.93. The molecule has 0 radical (unpaired) electrons. The van der Waals surface area contributed by atoms with Crippen LogP contribution in [-0.2, 0) is 20.9 Å². The molecule has 1 N–H and O–H groups in total. The van der Waals surface area contributed by atoms with E-state index in [0.717, 1.165) is 0 Å². The van der Waals surface area contributed by atoms with E-state index in [1.807, 2.05) is 0 Å². The summed E-state index contributed by atoms with van der Waals surface area (Å²) in [7, 11) is 0. The SMILES string of the molecule is O=C(COC(=O)Cn1c2ccccc2c(=O)c2ccccc21)Nc1cc(Cl)cc(Cl)c1. The number of hydrogen-bond donors (Lipinski definition) is 1. The molecule has 1 aromatic heterocycles. The Labute approximate surface area is 186 Å². The van der Waals surface area contributed by atoms with Crippen molar-refractivity contribution in [3.8, 4) is 0 Å². The second-order valence-corrected chi connectivity index (χ2v) is 7.69. The molecule has 0 unspecified atom stereocenters. The second-order valence-electron chi connectivity index (χ2n) is 6.82. The van der Waals surface area contributed by atoms with Crippen LogP contribution in [0, 0.1) is 0 Å². The lowest BCUT2D eigenvalue weighted by atomic mass is 10.1. The first-order valence-electron chi connectivity index (χ1n) is 9.34. The highest BCUT2D eigenvalue weighted by molar-refractivity contribution is 6.35. The molecule has 8 heteroatoms. The van der Waals surface area contributed by atoms with Gasteiger partial charge in [0.25, 0.3) is 5.91 Å². The third-order valence-corrected chi connectivity index (χ3v) is 5.11. The molecule has 0 saturated heterocycles. The van der Waals surface area contributed by atoms with Gasteiger partial charge < -0.3 is 14.6 Å². The van der Waals surface area contributed by atoms with E-state index >= 15 is 0 Å². The van der Waals surface area contributed by atoms with E-state index in [2.05, 4.69) is 5.32 Å². The first-order valence-corrected chi connectivity index (χ1v) is 10.1. The average Bonchev–Trinajstić information content (AvgIpc) is 2.74. The van der Waals surface area contributed by atoms with Gasteiger partial charge in [0.1, 0.15) is 6.54 Å². The van der Waals surface area contributed by atoms with Gasteiger partial charge in [0.05, 0.1) is 11.0 Å². The van der Waals surface area contributed by atoms with Crippen molar-refractivity contribution in [1.82, 2.24) is 4.57 Å². The molecule has 0 aliphatic rings. The van der Waals surface area contributed by atoms with Crippen LogP contribution < -0.4 is 10.7 Å². The molecule has 6 nitrogen and oxygen atoms in total. The smallest absolute Gasteiger partial charge is 0.326 e. The van der Waals surface area contributed by atoms with Crippen molar-refractivity contribution in [3.05, 3.63) is 87.0 Å². The zero-order chi connectivity index (χ0) is 22.0. The fourth-order valence-electron chi connectivity index (χ4n) is 3.39. The van der Waals surface area contributed by atoms with Gasteiger partial charge in [-0.3, -0.25) is 14.4 Å². The van der Waals surface area contributed by atoms with Gasteiger partial charge in [0, 0.05) is 26.5 Å². The number of anilines is 1. The summed E-state index contributed by atoms with van der Waals surface area (Å²) < 4.78 is 6.86. The number of hydrogen-bond acceptors (Lipinski definition) is 4. The topological polar surface area (TPSA) is 77.4 Å². The van der Waals surface area contributed by atoms with Crippen LogP contribution in [0.5, 0.6) is 0 Å². The first kappa shape index (κ1) is 20.9. The molecule has 0 saturated carbocycles. The van der Waals surface area contributed by atoms with E-state index in [4.69, 9.17) is 27.9 Å². The van der Waals surface area contributed by atoms with Crippen LogP contribution in [0.25, 0.3) is 21.8 Å². The molecular weight excluding hydrogens is 439 g/mol. The molecule has 4 aromatic rings. The number of rotatable bonds is 5. The van der Waals surface area contributed by atoms with Crippen molar-refractivity contribution in [1.29, 1.82) is 0 Å². The van der Waals surface area contributed by atoms with Crippen LogP contribution in [0.15, 0.2) is 71.5 Å². The van der Waals surface area contributed by atoms with Crippen molar-refractivity contribution in [2.75, 3.05) is 11.9 Å². The zero-order valence-corrected chi connectivity index (χ0v) is 17.6. The van der Waals surface area contributed by atoms with Crippen LogP contribution in [0.4, 0.5) is 5.69 Å². The van der Waals surface area contributed by atoms with Gasteiger partial charge in [-0.05, 0) is 42.5 Å². The summed E-state index contributed by atoms with van der Waals surface area (Å²) in [6, 6.07) is 18.7. The summed E-state index contributed by atoms with van der Waals surface area (Å²) in [6.45, 7) is -0.628. The lowest BCUT2D eigenvalue weighted by Gasteiger charge is -2.14. The van der Waals surface area contributed by atoms with Crippen molar-refractivity contribution in [2.45, 2.75) is 6.54 Å². The van der Waals surface area contributed by atoms with Crippen LogP contribution in [0.2, 0.25) is 10.0 Å². The minimum absolute atomic E-state index is 0.102. The molecule has 4 rings (SSSR count). The summed E-state index contributed by atoms with van der Waals surface area (Å²) in [6.07, 6.45) is 0. The van der Waals surface area contributed by atoms with Crippen LogP contribution >= 0.6 is 23.2 Å². The highest BCUT2D eigenvalue weighted by atomic mass is 35.5. The normalized spacial score (nSPS) is 10.9. The molecule has 3 aromatic carbocycles. The van der Waals surface area contributed by atoms with Crippen LogP contribution in [0.1, 0.15) is 0 Å². The number of fused-ring (bicyclic) bond motifs is 2. The molecule has 1 amide bonds. The standard InChI is InChI=1S/C23H16Cl2N2O4/c24-14-9-15(25)11-16(10-14)26-21(28)13-31-22(29)12-27-19-7-3-1-5-17(19)23(30)18-6-2-4-8-20(18)27/h1-11H,12-13H2,(H,26,28). The summed E-state index contributed by atoms with van der Waals surface area (Å²) in [5.74, 6) is -1.14. The molecule has 156 valence electrons. The fourth-order valence-corrected chi connectivity index (χ4v) is 3.92. The molecule has 0 spiro atoms. The maximum absolute atomic E-state index is 12.8. The largest absolute Gasteiger partial charge is 0.454 e. The van der Waals surface area contributed by atoms with E-state index in [1.54, 1.807) is 53.1 Å². The monoisotopic (exact) mass is 454 g/mol. The summed E-state index contributed by atoms with van der Waals surface area (Å²) in [5, 5.41) is 4.33. The number of pyridine rings is 1. The molecule has 0 fully saturated rings. The number of carbonyl (C=O) groups excluding carboxylic acids is 2. The third-order valence-electron chi connectivity index (χ3n) is 4.68. The number of nitrogens with zero attached hydrogens (tertiary/aromatic N) is 1. The summed E-state index contributed by atoms with van der Waals surface area (Å²) in [4.78, 5) is 37.4. The Morgan fingerprint density at radius 1 is 0.871 bits per heavy atom. The Hall–Kier alpha value is -3.35. The lowest BCUT2D eigenvalue weighted by Crippen LogP contribution is -2.24. The molecule has 0 aliphatic carbocycles. The van der Waals surface area contributed by atoms with E-state index in [1.165, 1.54) is 18.2 Å². The quantitative estimate of drug-likeness (QED) is 0.351. The summed E-state index contributed by atoms with van der Waals surface area (Å²) >= 11 is 11.8. The van der Waals surface area contributed by atoms with Crippen molar-refractivity contribution in [2.24, 2.45) is 0 Å². The highest BCUT2D eigenvalue weighted by Crippen LogP contribution is 2.22. The molecule has 31 heavy (non-hydrogen) atoms. The highest BCUT2D eigenvalue weighted by Gasteiger charge is 2.15. The van der Waals surface area contributed by atoms with Crippen LogP contribution in [0.3, 0.4) is 0 Å². The van der Waals surface area contributed by atoms with Gasteiger partial charge in [-0.25, -0.2) is 0 Å². The van der Waals surface area contributed by atoms with E-state index < -0.39 is 18.5 Å². The number of benzene rings is 3. The number of carbonyl (C=O) groups is 2. The Morgan fingerprint density at radius 3 is 2.00 bits per heavy atom. The van der Waals surface area contributed by atoms with Gasteiger partial charge in [0.15, 0.2) is 12.0 Å². The average molecular weight is 455 g/mol. The zero-order valence-electron chi connectivity index (χ0n) is 16.1. The Morgan fingerprint density at radius 2 is 1.42 bits per heavy atom. The molecular formula is C23H16Cl2N2O4. The minimum Gasteiger partial charge on any atom is -0.454 e. The van der Waals surface area contributed by atoms with E-state index in [-0.39, 0.29) is 12.0 Å². The first-order chi connectivity index (χ1) is 14.9. The Balaban J connectivity index is 1.52. The van der Waals surface area contributed by atoms with E-state index in [9.17, 15) is 14.4 Å². The maximum atomic E-state index is 12.8. The van der Waals surface area contributed by atoms with Gasteiger partial charge in [-0.15, -0.1) is 0 Å². The van der Waals surface area contributed by atoms with Crippen molar-refractivity contribution in [3.63, 3.8) is 0 Å². The molecule has 1 heterocycles. The maximum Gasteiger partial charge on any atom is 0.326 e. The third kappa shape index (κ3) is 4.55. The number of para-hydroxylation sites is 2. The second kappa shape index (κ2) is 8.79. The molecule has 0 atom stereocenters. The lowest BCUT2D eigenvalue weighted by molar-refractivity contribution is -0.147. The Bertz CT molecular complexity index is 1300. The number of ether oxygens (including phenoxy) is 1. The fraction of sp³-hybridized carbons (Fsp3) is 0.0870. The predicted octanol–water partition coefficient (Wildman–Crippen LogP) is 4.64. The van der Waals surface area contributed by atoms with Crippen molar-refractivity contribution < 1.29 is 14.3 Å². The number of amides is 1.